The molecule has 0 aliphatic carbocycles. The molecule has 0 fully saturated rings. The van der Waals surface area contributed by atoms with Gasteiger partial charge >= 0.3 is 0 Å². The lowest BCUT2D eigenvalue weighted by atomic mass is 10.1. The lowest BCUT2D eigenvalue weighted by molar-refractivity contribution is 0.282. The summed E-state index contributed by atoms with van der Waals surface area (Å²) in [7, 11) is 2.11. The molecule has 5 heteroatoms. The number of hydrogen-bond acceptors (Lipinski definition) is 4. The molecule has 2 rings (SSSR count). The van der Waals surface area contributed by atoms with E-state index in [1.165, 1.54) is 4.88 Å². The van der Waals surface area contributed by atoms with Crippen molar-refractivity contribution >= 4 is 27.3 Å². The van der Waals surface area contributed by atoms with Gasteiger partial charge in [-0.3, -0.25) is 4.90 Å². The Morgan fingerprint density at radius 1 is 1.24 bits per heavy atom. The van der Waals surface area contributed by atoms with Gasteiger partial charge in [-0.15, -0.1) is 11.3 Å². The molecule has 21 heavy (non-hydrogen) atoms. The molecular weight excluding hydrogens is 348 g/mol. The van der Waals surface area contributed by atoms with Crippen LogP contribution in [0.2, 0.25) is 0 Å². The minimum atomic E-state index is 0.107. The largest absolute Gasteiger partial charge is 0.463 e. The lowest BCUT2D eigenvalue weighted by Crippen LogP contribution is -2.34. The number of hydrogen-bond donors (Lipinski definition) is 1. The van der Waals surface area contributed by atoms with Crippen LogP contribution < -0.4 is 5.32 Å². The Hall–Kier alpha value is -0.620. The second kappa shape index (κ2) is 7.09. The molecule has 2 heterocycles. The van der Waals surface area contributed by atoms with Crippen LogP contribution in [0, 0.1) is 0 Å². The molecule has 0 aliphatic rings. The van der Waals surface area contributed by atoms with Gasteiger partial charge in [0.1, 0.15) is 11.5 Å². The first kappa shape index (κ1) is 16.7. The van der Waals surface area contributed by atoms with Gasteiger partial charge in [0.25, 0.3) is 0 Å². The van der Waals surface area contributed by atoms with Crippen LogP contribution >= 0.6 is 27.3 Å². The van der Waals surface area contributed by atoms with Crippen LogP contribution in [0.25, 0.3) is 0 Å². The molecule has 1 N–H and O–H groups in total. The lowest BCUT2D eigenvalue weighted by Gasteiger charge is -2.19. The number of nitrogens with zero attached hydrogens (tertiary/aromatic N) is 1. The van der Waals surface area contributed by atoms with Crippen LogP contribution in [0.15, 0.2) is 32.5 Å². The highest BCUT2D eigenvalue weighted by Gasteiger charge is 2.11. The Kier molecular flexibility index (Phi) is 5.66. The second-order valence-corrected chi connectivity index (χ2v) is 8.29. The number of halogens is 1. The standard InChI is InChI=1S/C16H23BrN2OS/c1-16(2,3)18-8-13-5-6-14(20-13)9-19(4)10-15-7-12(17)11-21-15/h5-7,11,18H,8-10H2,1-4H3. The fourth-order valence-corrected chi connectivity index (χ4v) is 3.51. The Labute approximate surface area is 139 Å². The molecule has 116 valence electrons. The highest BCUT2D eigenvalue weighted by Crippen LogP contribution is 2.21. The van der Waals surface area contributed by atoms with Gasteiger partial charge in [-0.1, -0.05) is 0 Å². The summed E-state index contributed by atoms with van der Waals surface area (Å²) in [5, 5.41) is 5.55. The minimum Gasteiger partial charge on any atom is -0.463 e. The summed E-state index contributed by atoms with van der Waals surface area (Å²) in [6.45, 7) is 9.00. The smallest absolute Gasteiger partial charge is 0.118 e. The molecule has 0 bridgehead atoms. The topological polar surface area (TPSA) is 28.4 Å². The summed E-state index contributed by atoms with van der Waals surface area (Å²) in [6, 6.07) is 6.30. The van der Waals surface area contributed by atoms with Crippen molar-refractivity contribution in [3.8, 4) is 0 Å². The molecule has 3 nitrogen and oxygen atoms in total. The average Bonchev–Trinajstić information content (AvgIpc) is 2.95. The van der Waals surface area contributed by atoms with Crippen molar-refractivity contribution in [1.82, 2.24) is 10.2 Å². The molecule has 2 aromatic rings. The van der Waals surface area contributed by atoms with Crippen molar-refractivity contribution in [3.05, 3.63) is 44.4 Å². The zero-order valence-electron chi connectivity index (χ0n) is 13.1. The molecule has 0 saturated carbocycles. The SMILES string of the molecule is CN(Cc1ccc(CNC(C)(C)C)o1)Cc1cc(Br)cs1. The van der Waals surface area contributed by atoms with E-state index in [4.69, 9.17) is 4.42 Å². The molecule has 0 atom stereocenters. The van der Waals surface area contributed by atoms with Crippen LogP contribution in [0.5, 0.6) is 0 Å². The van der Waals surface area contributed by atoms with Gasteiger partial charge in [-0.05, 0) is 61.9 Å². The van der Waals surface area contributed by atoms with E-state index in [1.807, 2.05) is 0 Å². The van der Waals surface area contributed by atoms with Gasteiger partial charge in [0.05, 0.1) is 13.1 Å². The predicted molar refractivity (Wildman–Crippen MR) is 92.5 cm³/mol. The van der Waals surface area contributed by atoms with Crippen molar-refractivity contribution in [3.63, 3.8) is 0 Å². The number of furan rings is 1. The Morgan fingerprint density at radius 3 is 2.57 bits per heavy atom. The van der Waals surface area contributed by atoms with Gasteiger partial charge in [-0.25, -0.2) is 0 Å². The summed E-state index contributed by atoms with van der Waals surface area (Å²) in [5.41, 5.74) is 0.107. The molecule has 2 aromatic heterocycles. The molecular formula is C16H23BrN2OS. The number of thiophene rings is 1. The highest BCUT2D eigenvalue weighted by molar-refractivity contribution is 9.10. The van der Waals surface area contributed by atoms with Gasteiger partial charge in [0, 0.05) is 26.8 Å². The normalized spacial score (nSPS) is 12.3. The summed E-state index contributed by atoms with van der Waals surface area (Å²) >= 11 is 5.27. The molecule has 0 aromatic carbocycles. The first-order chi connectivity index (χ1) is 9.82. The van der Waals surface area contributed by atoms with Crippen LogP contribution in [-0.4, -0.2) is 17.5 Å². The van der Waals surface area contributed by atoms with Crippen molar-refractivity contribution in [2.75, 3.05) is 7.05 Å². The van der Waals surface area contributed by atoms with Gasteiger partial charge in [0.2, 0.25) is 0 Å². The van der Waals surface area contributed by atoms with E-state index in [0.29, 0.717) is 0 Å². The molecule has 0 saturated heterocycles. The summed E-state index contributed by atoms with van der Waals surface area (Å²) < 4.78 is 7.04. The first-order valence-corrected chi connectivity index (χ1v) is 8.73. The number of rotatable bonds is 6. The maximum atomic E-state index is 5.88. The first-order valence-electron chi connectivity index (χ1n) is 7.06. The van der Waals surface area contributed by atoms with E-state index in [-0.39, 0.29) is 5.54 Å². The summed E-state index contributed by atoms with van der Waals surface area (Å²) in [4.78, 5) is 3.61. The van der Waals surface area contributed by atoms with Crippen molar-refractivity contribution in [2.24, 2.45) is 0 Å². The van der Waals surface area contributed by atoms with Crippen LogP contribution in [0.3, 0.4) is 0 Å². The Morgan fingerprint density at radius 2 is 1.95 bits per heavy atom. The van der Waals surface area contributed by atoms with Crippen LogP contribution in [0.1, 0.15) is 37.2 Å². The predicted octanol–water partition coefficient (Wildman–Crippen LogP) is 4.62. The fourth-order valence-electron chi connectivity index (χ4n) is 1.98. The average molecular weight is 371 g/mol. The zero-order chi connectivity index (χ0) is 15.5. The molecule has 0 spiro atoms. The Balaban J connectivity index is 1.84. The van der Waals surface area contributed by atoms with E-state index in [1.54, 1.807) is 11.3 Å². The summed E-state index contributed by atoms with van der Waals surface area (Å²) in [6.07, 6.45) is 0. The van der Waals surface area contributed by atoms with Crippen molar-refractivity contribution in [1.29, 1.82) is 0 Å². The summed E-state index contributed by atoms with van der Waals surface area (Å²) in [5.74, 6) is 2.01. The van der Waals surface area contributed by atoms with Crippen molar-refractivity contribution < 1.29 is 4.42 Å². The molecule has 0 aliphatic heterocycles. The third-order valence-corrected chi connectivity index (χ3v) is 4.67. The molecule has 0 unspecified atom stereocenters. The van der Waals surface area contributed by atoms with E-state index < -0.39 is 0 Å². The molecule has 0 amide bonds. The van der Waals surface area contributed by atoms with Crippen molar-refractivity contribution in [2.45, 2.75) is 45.9 Å². The molecule has 0 radical (unpaired) electrons. The van der Waals surface area contributed by atoms with Crippen LogP contribution in [0.4, 0.5) is 0 Å². The highest BCUT2D eigenvalue weighted by atomic mass is 79.9. The van der Waals surface area contributed by atoms with E-state index in [0.717, 1.165) is 35.6 Å². The second-order valence-electron chi connectivity index (χ2n) is 6.38. The van der Waals surface area contributed by atoms with E-state index in [9.17, 15) is 0 Å². The van der Waals surface area contributed by atoms with E-state index in [2.05, 4.69) is 77.5 Å². The maximum absolute atomic E-state index is 5.88. The van der Waals surface area contributed by atoms with Gasteiger partial charge in [-0.2, -0.15) is 0 Å². The van der Waals surface area contributed by atoms with Gasteiger partial charge < -0.3 is 9.73 Å². The zero-order valence-corrected chi connectivity index (χ0v) is 15.5. The maximum Gasteiger partial charge on any atom is 0.118 e. The third kappa shape index (κ3) is 5.94. The third-order valence-electron chi connectivity index (χ3n) is 2.98. The van der Waals surface area contributed by atoms with Crippen LogP contribution in [-0.2, 0) is 19.6 Å². The quantitative estimate of drug-likeness (QED) is 0.803. The monoisotopic (exact) mass is 370 g/mol. The fraction of sp³-hybridized carbons (Fsp3) is 0.500. The minimum absolute atomic E-state index is 0.107. The van der Waals surface area contributed by atoms with E-state index >= 15 is 0 Å². The Bertz CT molecular complexity index is 571. The number of nitrogens with one attached hydrogen (secondary N) is 1. The van der Waals surface area contributed by atoms with Gasteiger partial charge in [0.15, 0.2) is 0 Å².